The molecule has 6 N–H and O–H groups in total. The lowest BCUT2D eigenvalue weighted by molar-refractivity contribution is 0.311. The fraction of sp³-hybridized carbons (Fsp3) is 0. The molecule has 0 atom stereocenters. The van der Waals surface area contributed by atoms with E-state index in [4.69, 9.17) is 10.4 Å². The molecule has 0 bridgehead atoms. The highest BCUT2D eigenvalue weighted by Gasteiger charge is 2.10. The highest BCUT2D eigenvalue weighted by Crippen LogP contribution is 2.19. The van der Waals surface area contributed by atoms with Gasteiger partial charge < -0.3 is 10.4 Å². The van der Waals surface area contributed by atoms with Gasteiger partial charge in [-0.15, -0.1) is 20.5 Å². The maximum absolute atomic E-state index is 6.50. The Balaban J connectivity index is 0.000000379. The maximum atomic E-state index is 6.50. The van der Waals surface area contributed by atoms with E-state index in [1.54, 1.807) is 0 Å². The SMILES string of the molecule is N1=NC(=C2N=NN=N2)N=N1.NO.NO. The van der Waals surface area contributed by atoms with Gasteiger partial charge in [0.05, 0.1) is 0 Å². The van der Waals surface area contributed by atoms with E-state index < -0.39 is 0 Å². The number of rotatable bonds is 0. The zero-order chi connectivity index (χ0) is 10.8. The molecule has 2 aliphatic rings. The van der Waals surface area contributed by atoms with Gasteiger partial charge in [0.1, 0.15) is 0 Å². The van der Waals surface area contributed by atoms with Crippen molar-refractivity contribution in [2.75, 3.05) is 0 Å². The summed E-state index contributed by atoms with van der Waals surface area (Å²) in [5.74, 6) is 7.48. The minimum atomic E-state index is 0.241. The zero-order valence-corrected chi connectivity index (χ0v) is 6.63. The molecule has 0 fully saturated rings. The van der Waals surface area contributed by atoms with Crippen molar-refractivity contribution in [1.82, 2.24) is 0 Å². The summed E-state index contributed by atoms with van der Waals surface area (Å²) in [4.78, 5) is 0. The fourth-order valence-electron chi connectivity index (χ4n) is 0.468. The van der Waals surface area contributed by atoms with Gasteiger partial charge in [0.15, 0.2) is 0 Å². The molecule has 12 nitrogen and oxygen atoms in total. The minimum Gasteiger partial charge on any atom is -0.320 e. The molecule has 0 unspecified atom stereocenters. The van der Waals surface area contributed by atoms with Crippen LogP contribution in [0, 0.1) is 0 Å². The van der Waals surface area contributed by atoms with Crippen LogP contribution in [0.3, 0.4) is 0 Å². The van der Waals surface area contributed by atoms with Crippen molar-refractivity contribution in [3.8, 4) is 0 Å². The van der Waals surface area contributed by atoms with Gasteiger partial charge in [0.2, 0.25) is 11.6 Å². The van der Waals surface area contributed by atoms with Crippen molar-refractivity contribution in [2.45, 2.75) is 0 Å². The van der Waals surface area contributed by atoms with Crippen LogP contribution in [0.5, 0.6) is 0 Å². The molecule has 2 aliphatic heterocycles. The first-order valence-electron chi connectivity index (χ1n) is 2.86. The molecular weight excluding hydrogens is 196 g/mol. The summed E-state index contributed by atoms with van der Waals surface area (Å²) in [7, 11) is 0. The van der Waals surface area contributed by atoms with Crippen molar-refractivity contribution in [3.05, 3.63) is 11.6 Å². The Kier molecular flexibility index (Phi) is 6.52. The predicted molar refractivity (Wildman–Crippen MR) is 38.4 cm³/mol. The lowest BCUT2D eigenvalue weighted by atomic mass is 10.7. The number of hydrogen-bond donors (Lipinski definition) is 4. The molecule has 0 spiro atoms. The molecule has 0 aliphatic carbocycles. The molecule has 0 amide bonds. The monoisotopic (exact) mass is 202 g/mol. The fourth-order valence-corrected chi connectivity index (χ4v) is 0.468. The maximum Gasteiger partial charge on any atom is 0.248 e. The van der Waals surface area contributed by atoms with Gasteiger partial charge >= 0.3 is 0 Å². The highest BCUT2D eigenvalue weighted by molar-refractivity contribution is 5.08. The summed E-state index contributed by atoms with van der Waals surface area (Å²) >= 11 is 0. The van der Waals surface area contributed by atoms with Crippen molar-refractivity contribution in [2.24, 2.45) is 53.1 Å². The van der Waals surface area contributed by atoms with Crippen molar-refractivity contribution >= 4 is 0 Å². The largest absolute Gasteiger partial charge is 0.320 e. The minimum absolute atomic E-state index is 0.241. The molecule has 2 rings (SSSR count). The molecule has 0 aromatic rings. The zero-order valence-electron chi connectivity index (χ0n) is 6.63. The van der Waals surface area contributed by atoms with E-state index in [2.05, 4.69) is 53.1 Å². The van der Waals surface area contributed by atoms with Gasteiger partial charge in [-0.2, -0.15) is 0 Å². The van der Waals surface area contributed by atoms with Gasteiger partial charge in [0, 0.05) is 0 Å². The van der Waals surface area contributed by atoms with Gasteiger partial charge in [-0.25, -0.2) is 11.8 Å². The molecule has 0 saturated carbocycles. The molecule has 14 heavy (non-hydrogen) atoms. The lowest BCUT2D eigenvalue weighted by Gasteiger charge is -1.79. The molecule has 2 heterocycles. The van der Waals surface area contributed by atoms with Crippen LogP contribution in [-0.2, 0) is 0 Å². The molecule has 0 aromatic carbocycles. The summed E-state index contributed by atoms with van der Waals surface area (Å²) in [5, 5.41) is 39.9. The van der Waals surface area contributed by atoms with Crippen LogP contribution in [0.2, 0.25) is 0 Å². The lowest BCUT2D eigenvalue weighted by Crippen LogP contribution is -1.72. The van der Waals surface area contributed by atoms with Gasteiger partial charge in [-0.05, 0) is 20.9 Å². The smallest absolute Gasteiger partial charge is 0.248 e. The van der Waals surface area contributed by atoms with E-state index in [0.717, 1.165) is 0 Å². The third-order valence-corrected chi connectivity index (χ3v) is 0.838. The van der Waals surface area contributed by atoms with E-state index in [-0.39, 0.29) is 11.6 Å². The van der Waals surface area contributed by atoms with Crippen molar-refractivity contribution in [3.63, 3.8) is 0 Å². The second kappa shape index (κ2) is 7.62. The van der Waals surface area contributed by atoms with Crippen molar-refractivity contribution in [1.29, 1.82) is 0 Å². The Bertz CT molecular complexity index is 241. The normalized spacial score (nSPS) is 15.1. The first-order chi connectivity index (χ1) is 6.97. The molecule has 76 valence electrons. The average molecular weight is 202 g/mol. The Labute approximate surface area is 76.3 Å². The van der Waals surface area contributed by atoms with Crippen LogP contribution in [0.4, 0.5) is 0 Å². The Morgan fingerprint density at radius 1 is 0.571 bits per heavy atom. The standard InChI is InChI=1S/C2N8.2H3NO/c3-1(4-8-7-3)2-5-9-10-6-2;2*1-2/h;2*2H,1H2. The third kappa shape index (κ3) is 3.15. The second-order valence-corrected chi connectivity index (χ2v) is 1.40. The van der Waals surface area contributed by atoms with E-state index in [1.807, 2.05) is 0 Å². The first-order valence-corrected chi connectivity index (χ1v) is 2.86. The summed E-state index contributed by atoms with van der Waals surface area (Å²) in [6, 6.07) is 0. The second-order valence-electron chi connectivity index (χ2n) is 1.40. The summed E-state index contributed by atoms with van der Waals surface area (Å²) < 4.78 is 0. The first kappa shape index (κ1) is 12.0. The predicted octanol–water partition coefficient (Wildman–Crippen LogP) is 0.448. The van der Waals surface area contributed by atoms with E-state index >= 15 is 0 Å². The molecule has 12 heteroatoms. The van der Waals surface area contributed by atoms with Gasteiger partial charge in [-0.1, -0.05) is 0 Å². The van der Waals surface area contributed by atoms with Gasteiger partial charge in [0.25, 0.3) is 0 Å². The molecule has 0 saturated heterocycles. The van der Waals surface area contributed by atoms with Crippen LogP contribution in [0.1, 0.15) is 0 Å². The third-order valence-electron chi connectivity index (χ3n) is 0.838. The Morgan fingerprint density at radius 2 is 0.786 bits per heavy atom. The quantitative estimate of drug-likeness (QED) is 0.414. The topological polar surface area (TPSA) is 191 Å². The van der Waals surface area contributed by atoms with Crippen LogP contribution < -0.4 is 11.8 Å². The van der Waals surface area contributed by atoms with Crippen LogP contribution in [0.15, 0.2) is 53.0 Å². The molecule has 0 radical (unpaired) electrons. The van der Waals surface area contributed by atoms with Crippen LogP contribution >= 0.6 is 0 Å². The Hall–Kier alpha value is -2.02. The number of nitrogens with zero attached hydrogens (tertiary/aromatic N) is 8. The summed E-state index contributed by atoms with van der Waals surface area (Å²) in [6.07, 6.45) is 0. The number of nitrogens with two attached hydrogens (primary N) is 2. The molecular formula is C2H6N10O2. The number of hydrogen-bond acceptors (Lipinski definition) is 12. The summed E-state index contributed by atoms with van der Waals surface area (Å²) in [5.41, 5.74) is 0. The molecule has 0 aromatic heterocycles. The van der Waals surface area contributed by atoms with E-state index in [9.17, 15) is 0 Å². The summed E-state index contributed by atoms with van der Waals surface area (Å²) in [6.45, 7) is 0. The van der Waals surface area contributed by atoms with Crippen LogP contribution in [-0.4, -0.2) is 10.4 Å². The average Bonchev–Trinajstić information content (AvgIpc) is 2.96. The van der Waals surface area contributed by atoms with E-state index in [0.29, 0.717) is 0 Å². The van der Waals surface area contributed by atoms with E-state index in [1.165, 1.54) is 0 Å². The van der Waals surface area contributed by atoms with Crippen LogP contribution in [0.25, 0.3) is 0 Å². The van der Waals surface area contributed by atoms with Gasteiger partial charge in [-0.3, -0.25) is 0 Å². The highest BCUT2D eigenvalue weighted by atomic mass is 16.4. The Morgan fingerprint density at radius 3 is 1.00 bits per heavy atom. The van der Waals surface area contributed by atoms with Crippen molar-refractivity contribution < 1.29 is 10.4 Å².